The topological polar surface area (TPSA) is 87.1 Å². The van der Waals surface area contributed by atoms with E-state index in [1.807, 2.05) is 0 Å². The Bertz CT molecular complexity index is 333. The second-order valence-corrected chi connectivity index (χ2v) is 6.08. The van der Waals surface area contributed by atoms with Gasteiger partial charge in [0, 0.05) is 11.5 Å². The van der Waals surface area contributed by atoms with E-state index in [9.17, 15) is 4.79 Å². The Labute approximate surface area is 133 Å². The molecule has 1 saturated carbocycles. The fourth-order valence-electron chi connectivity index (χ4n) is 3.03. The molecular formula is C16H30N4O2. The molecule has 0 unspecified atom stereocenters. The van der Waals surface area contributed by atoms with E-state index in [-0.39, 0.29) is 13.2 Å². The lowest BCUT2D eigenvalue weighted by Gasteiger charge is -2.15. The third-order valence-electron chi connectivity index (χ3n) is 4.27. The number of alkyl carbamates (subject to hydrolysis) is 1. The van der Waals surface area contributed by atoms with E-state index in [4.69, 9.17) is 10.3 Å². The van der Waals surface area contributed by atoms with E-state index >= 15 is 0 Å². The minimum absolute atomic E-state index is 0.137. The predicted octanol–water partition coefficient (Wildman–Crippen LogP) is 4.94. The first-order valence-corrected chi connectivity index (χ1v) is 8.74. The van der Waals surface area contributed by atoms with Gasteiger partial charge in [-0.2, -0.15) is 0 Å². The van der Waals surface area contributed by atoms with E-state index in [2.05, 4.69) is 15.3 Å². The monoisotopic (exact) mass is 310 g/mol. The Balaban J connectivity index is 1.98. The Morgan fingerprint density at radius 2 is 1.82 bits per heavy atom. The molecule has 0 atom stereocenters. The number of nitrogens with one attached hydrogen (secondary N) is 1. The van der Waals surface area contributed by atoms with Gasteiger partial charge in [0.15, 0.2) is 0 Å². The van der Waals surface area contributed by atoms with Gasteiger partial charge in [-0.05, 0) is 17.9 Å². The maximum Gasteiger partial charge on any atom is 0.407 e. The van der Waals surface area contributed by atoms with Crippen LogP contribution < -0.4 is 5.32 Å². The summed E-state index contributed by atoms with van der Waals surface area (Å²) in [6.07, 6.45) is 14.2. The van der Waals surface area contributed by atoms with Crippen molar-refractivity contribution < 1.29 is 9.53 Å². The van der Waals surface area contributed by atoms with Crippen LogP contribution in [0.1, 0.15) is 70.6 Å². The summed E-state index contributed by atoms with van der Waals surface area (Å²) < 4.78 is 4.87. The van der Waals surface area contributed by atoms with Crippen molar-refractivity contribution in [3.63, 3.8) is 0 Å². The van der Waals surface area contributed by atoms with Crippen molar-refractivity contribution in [2.24, 2.45) is 11.0 Å². The molecule has 1 aliphatic rings. The fourth-order valence-corrected chi connectivity index (χ4v) is 3.03. The summed E-state index contributed by atoms with van der Waals surface area (Å²) in [5.74, 6) is 0.883. The molecule has 1 N–H and O–H groups in total. The van der Waals surface area contributed by atoms with Crippen LogP contribution in [0.3, 0.4) is 0 Å². The first-order chi connectivity index (χ1) is 10.8. The molecule has 0 spiro atoms. The molecule has 0 aromatic heterocycles. The molecule has 0 radical (unpaired) electrons. The second-order valence-electron chi connectivity index (χ2n) is 6.08. The van der Waals surface area contributed by atoms with Crippen LogP contribution >= 0.6 is 0 Å². The van der Waals surface area contributed by atoms with Gasteiger partial charge < -0.3 is 10.1 Å². The number of unbranched alkanes of at least 4 members (excludes halogenated alkanes) is 1. The number of nitrogens with zero attached hydrogens (tertiary/aromatic N) is 3. The van der Waals surface area contributed by atoms with Crippen molar-refractivity contribution in [3.05, 3.63) is 10.4 Å². The highest BCUT2D eigenvalue weighted by Crippen LogP contribution is 2.25. The fraction of sp³-hybridized carbons (Fsp3) is 0.938. The van der Waals surface area contributed by atoms with Gasteiger partial charge in [0.2, 0.25) is 0 Å². The highest BCUT2D eigenvalue weighted by molar-refractivity contribution is 5.66. The molecule has 0 heterocycles. The second kappa shape index (κ2) is 13.3. The number of carbonyl (C=O) groups excluding carboxylic acids is 1. The summed E-state index contributed by atoms with van der Waals surface area (Å²) in [5.41, 5.74) is 8.09. The molecule has 0 aromatic rings. The van der Waals surface area contributed by atoms with Crippen molar-refractivity contribution in [1.29, 1.82) is 0 Å². The summed E-state index contributed by atoms with van der Waals surface area (Å²) in [4.78, 5) is 13.9. The number of ether oxygens (including phenoxy) is 1. The third-order valence-corrected chi connectivity index (χ3v) is 4.27. The minimum Gasteiger partial charge on any atom is -0.449 e. The summed E-state index contributed by atoms with van der Waals surface area (Å²) in [7, 11) is 0. The molecule has 22 heavy (non-hydrogen) atoms. The maximum absolute atomic E-state index is 11.3. The van der Waals surface area contributed by atoms with Crippen molar-refractivity contribution in [2.45, 2.75) is 70.6 Å². The molecule has 0 aliphatic heterocycles. The van der Waals surface area contributed by atoms with Crippen molar-refractivity contribution >= 4 is 6.09 Å². The Morgan fingerprint density at radius 1 is 1.14 bits per heavy atom. The first kappa shape index (κ1) is 18.6. The van der Waals surface area contributed by atoms with E-state index < -0.39 is 6.09 Å². The van der Waals surface area contributed by atoms with E-state index in [1.54, 1.807) is 0 Å². The smallest absolute Gasteiger partial charge is 0.407 e. The number of carbonyl (C=O) groups is 1. The summed E-state index contributed by atoms with van der Waals surface area (Å²) >= 11 is 0. The van der Waals surface area contributed by atoms with E-state index in [0.29, 0.717) is 6.54 Å². The molecule has 6 nitrogen and oxygen atoms in total. The van der Waals surface area contributed by atoms with Gasteiger partial charge in [0.25, 0.3) is 0 Å². The van der Waals surface area contributed by atoms with Gasteiger partial charge in [-0.3, -0.25) is 0 Å². The quantitative estimate of drug-likeness (QED) is 0.298. The molecule has 1 aliphatic carbocycles. The average molecular weight is 310 g/mol. The Morgan fingerprint density at radius 3 is 2.50 bits per heavy atom. The van der Waals surface area contributed by atoms with Crippen LogP contribution in [-0.2, 0) is 4.74 Å². The highest BCUT2D eigenvalue weighted by Gasteiger charge is 2.10. The van der Waals surface area contributed by atoms with Crippen LogP contribution in [0.25, 0.3) is 10.4 Å². The van der Waals surface area contributed by atoms with E-state index in [0.717, 1.165) is 12.3 Å². The van der Waals surface area contributed by atoms with Gasteiger partial charge in [0.05, 0.1) is 13.2 Å². The van der Waals surface area contributed by atoms with Gasteiger partial charge >= 0.3 is 6.09 Å². The lowest BCUT2D eigenvalue weighted by Crippen LogP contribution is -2.26. The van der Waals surface area contributed by atoms with Crippen LogP contribution in [0, 0.1) is 5.92 Å². The molecule has 6 heteroatoms. The van der Waals surface area contributed by atoms with E-state index in [1.165, 1.54) is 64.2 Å². The van der Waals surface area contributed by atoms with Crippen molar-refractivity contribution in [3.8, 4) is 0 Å². The maximum atomic E-state index is 11.3. The summed E-state index contributed by atoms with van der Waals surface area (Å²) in [5, 5.41) is 6.04. The molecule has 0 saturated heterocycles. The zero-order valence-electron chi connectivity index (χ0n) is 13.6. The van der Waals surface area contributed by atoms with Crippen LogP contribution in [0.15, 0.2) is 5.11 Å². The Hall–Kier alpha value is -1.42. The van der Waals surface area contributed by atoms with Crippen LogP contribution in [0.5, 0.6) is 0 Å². The van der Waals surface area contributed by atoms with Crippen LogP contribution in [0.4, 0.5) is 4.79 Å². The van der Waals surface area contributed by atoms with Gasteiger partial charge in [0.1, 0.15) is 0 Å². The molecule has 1 amide bonds. The summed E-state index contributed by atoms with van der Waals surface area (Å²) in [6.45, 7) is 0.983. The molecule has 1 rings (SSSR count). The third kappa shape index (κ3) is 10.3. The Kier molecular flexibility index (Phi) is 11.2. The van der Waals surface area contributed by atoms with Gasteiger partial charge in [-0.25, -0.2) is 4.79 Å². The molecular weight excluding hydrogens is 280 g/mol. The number of hydrogen-bond acceptors (Lipinski definition) is 3. The SMILES string of the molecule is [N-]=[N+]=NCCOC(=O)NCCCCC1CCCCCCCC1. The predicted molar refractivity (Wildman–Crippen MR) is 87.6 cm³/mol. The summed E-state index contributed by atoms with van der Waals surface area (Å²) in [6, 6.07) is 0. The molecule has 0 bridgehead atoms. The number of rotatable bonds is 8. The lowest BCUT2D eigenvalue weighted by atomic mass is 9.92. The minimum atomic E-state index is -0.421. The van der Waals surface area contributed by atoms with Crippen LogP contribution in [-0.4, -0.2) is 25.8 Å². The van der Waals surface area contributed by atoms with Crippen molar-refractivity contribution in [2.75, 3.05) is 19.7 Å². The molecule has 0 aromatic carbocycles. The highest BCUT2D eigenvalue weighted by atomic mass is 16.5. The van der Waals surface area contributed by atoms with Gasteiger partial charge in [-0.1, -0.05) is 69.3 Å². The molecule has 126 valence electrons. The average Bonchev–Trinajstić information content (AvgIpc) is 2.65. The number of azide groups is 1. The zero-order chi connectivity index (χ0) is 15.9. The normalized spacial score (nSPS) is 16.7. The molecule has 1 fully saturated rings. The van der Waals surface area contributed by atoms with Crippen molar-refractivity contribution in [1.82, 2.24) is 5.32 Å². The number of amides is 1. The first-order valence-electron chi connectivity index (χ1n) is 8.74. The van der Waals surface area contributed by atoms with Gasteiger partial charge in [-0.15, -0.1) is 0 Å². The lowest BCUT2D eigenvalue weighted by molar-refractivity contribution is 0.149. The zero-order valence-corrected chi connectivity index (χ0v) is 13.6. The largest absolute Gasteiger partial charge is 0.449 e. The van der Waals surface area contributed by atoms with Crippen LogP contribution in [0.2, 0.25) is 0 Å². The number of hydrogen-bond donors (Lipinski definition) is 1. The standard InChI is InChI=1S/C16H30N4O2/c17-20-19-13-14-22-16(21)18-12-8-7-11-15-9-5-3-1-2-4-6-10-15/h15H,1-14H2,(H,18,21).